The molecule has 8 heteroatoms. The summed E-state index contributed by atoms with van der Waals surface area (Å²) in [6, 6.07) is 10.5. The van der Waals surface area contributed by atoms with Crippen LogP contribution in [0.5, 0.6) is 5.75 Å². The third kappa shape index (κ3) is 2.84. The van der Waals surface area contributed by atoms with Crippen LogP contribution in [0.15, 0.2) is 58.3 Å². The number of ether oxygens (including phenoxy) is 1. The van der Waals surface area contributed by atoms with Crippen molar-refractivity contribution in [3.63, 3.8) is 0 Å². The van der Waals surface area contributed by atoms with E-state index in [2.05, 4.69) is 15.4 Å². The molecule has 0 spiro atoms. The maximum Gasteiger partial charge on any atom is 0.248 e. The lowest BCUT2D eigenvalue weighted by molar-refractivity contribution is -0.115. The molecule has 0 saturated carbocycles. The highest BCUT2D eigenvalue weighted by molar-refractivity contribution is 5.95. The maximum absolute atomic E-state index is 12.3. The number of para-hydroxylation sites is 1. The summed E-state index contributed by atoms with van der Waals surface area (Å²) in [4.78, 5) is 16.8. The Morgan fingerprint density at radius 2 is 2.15 bits per heavy atom. The van der Waals surface area contributed by atoms with Gasteiger partial charge in [-0.1, -0.05) is 18.2 Å². The van der Waals surface area contributed by atoms with Crippen molar-refractivity contribution >= 4 is 11.9 Å². The fraction of sp³-hybridized carbons (Fsp3) is 0.211. The second kappa shape index (κ2) is 6.64. The second-order valence-corrected chi connectivity index (χ2v) is 6.08. The van der Waals surface area contributed by atoms with E-state index in [1.807, 2.05) is 31.2 Å². The van der Waals surface area contributed by atoms with Gasteiger partial charge in [0.2, 0.25) is 17.7 Å². The number of amides is 1. The van der Waals surface area contributed by atoms with Crippen molar-refractivity contribution in [2.45, 2.75) is 19.9 Å². The van der Waals surface area contributed by atoms with Gasteiger partial charge in [0, 0.05) is 11.3 Å². The molecule has 138 valence electrons. The summed E-state index contributed by atoms with van der Waals surface area (Å²) in [5.41, 5.74) is 7.53. The average Bonchev–Trinajstić information content (AvgIpc) is 3.30. The molecule has 1 amide bonds. The van der Waals surface area contributed by atoms with Gasteiger partial charge in [0.05, 0.1) is 18.4 Å². The number of nitrogens with one attached hydrogen (secondary N) is 1. The molecule has 3 N–H and O–H groups in total. The molecule has 27 heavy (non-hydrogen) atoms. The molecule has 1 aromatic carbocycles. The molecule has 0 radical (unpaired) electrons. The molecule has 0 bridgehead atoms. The Bertz CT molecular complexity index is 1020. The van der Waals surface area contributed by atoms with Crippen molar-refractivity contribution in [1.29, 1.82) is 0 Å². The first-order valence-corrected chi connectivity index (χ1v) is 8.60. The van der Waals surface area contributed by atoms with E-state index < -0.39 is 11.9 Å². The van der Waals surface area contributed by atoms with Crippen molar-refractivity contribution in [3.8, 4) is 17.3 Å². The second-order valence-electron chi connectivity index (χ2n) is 6.08. The van der Waals surface area contributed by atoms with Crippen LogP contribution in [-0.2, 0) is 4.79 Å². The predicted octanol–water partition coefficient (Wildman–Crippen LogP) is 2.71. The number of rotatable bonds is 5. The first-order valence-electron chi connectivity index (χ1n) is 8.60. The van der Waals surface area contributed by atoms with E-state index in [0.717, 1.165) is 5.56 Å². The lowest BCUT2D eigenvalue weighted by Gasteiger charge is -2.28. The number of anilines is 1. The van der Waals surface area contributed by atoms with Crippen molar-refractivity contribution in [3.05, 3.63) is 59.5 Å². The van der Waals surface area contributed by atoms with Crippen molar-refractivity contribution in [2.24, 2.45) is 5.73 Å². The Morgan fingerprint density at radius 3 is 2.85 bits per heavy atom. The Balaban J connectivity index is 1.91. The molecule has 0 aliphatic carbocycles. The Morgan fingerprint density at radius 1 is 1.33 bits per heavy atom. The average molecular weight is 365 g/mol. The number of hydrogen-bond acceptors (Lipinski definition) is 6. The van der Waals surface area contributed by atoms with Gasteiger partial charge in [-0.15, -0.1) is 5.10 Å². The van der Waals surface area contributed by atoms with Gasteiger partial charge in [0.25, 0.3) is 0 Å². The third-order valence-corrected chi connectivity index (χ3v) is 4.37. The number of primary amides is 1. The fourth-order valence-corrected chi connectivity index (χ4v) is 3.26. The predicted molar refractivity (Wildman–Crippen MR) is 99.0 cm³/mol. The molecule has 0 saturated heterocycles. The lowest BCUT2D eigenvalue weighted by Crippen LogP contribution is -2.32. The van der Waals surface area contributed by atoms with Crippen LogP contribution in [-0.4, -0.2) is 27.3 Å². The zero-order valence-corrected chi connectivity index (χ0v) is 15.0. The quantitative estimate of drug-likeness (QED) is 0.720. The smallest absolute Gasteiger partial charge is 0.248 e. The summed E-state index contributed by atoms with van der Waals surface area (Å²) >= 11 is 0. The molecule has 1 unspecified atom stereocenters. The summed E-state index contributed by atoms with van der Waals surface area (Å²) in [6.45, 7) is 4.20. The van der Waals surface area contributed by atoms with E-state index in [-0.39, 0.29) is 0 Å². The van der Waals surface area contributed by atoms with Gasteiger partial charge in [0.1, 0.15) is 11.8 Å². The zero-order valence-electron chi connectivity index (χ0n) is 15.0. The first-order chi connectivity index (χ1) is 13.1. The number of carbonyl (C=O) groups excluding carboxylic acids is 1. The van der Waals surface area contributed by atoms with Crippen molar-refractivity contribution < 1.29 is 13.9 Å². The number of furan rings is 1. The number of nitrogens with zero attached hydrogens (tertiary/aromatic N) is 3. The summed E-state index contributed by atoms with van der Waals surface area (Å²) < 4.78 is 12.8. The van der Waals surface area contributed by atoms with Crippen LogP contribution in [0.4, 0.5) is 5.95 Å². The van der Waals surface area contributed by atoms with Crippen LogP contribution < -0.4 is 15.8 Å². The third-order valence-electron chi connectivity index (χ3n) is 4.37. The van der Waals surface area contributed by atoms with Gasteiger partial charge in [0.15, 0.2) is 5.76 Å². The van der Waals surface area contributed by atoms with Gasteiger partial charge in [-0.25, -0.2) is 4.68 Å². The highest BCUT2D eigenvalue weighted by Gasteiger charge is 2.35. The molecule has 1 aliphatic rings. The van der Waals surface area contributed by atoms with Gasteiger partial charge in [-0.05, 0) is 32.0 Å². The SMILES string of the molecule is CCOc1ccccc1C1C(C(N)=O)=C(C)Nc2nc(-c3ccco3)nn21. The molecule has 8 nitrogen and oxygen atoms in total. The Kier molecular flexibility index (Phi) is 4.15. The van der Waals surface area contributed by atoms with E-state index in [0.29, 0.717) is 41.2 Å². The zero-order chi connectivity index (χ0) is 19.0. The van der Waals surface area contributed by atoms with Gasteiger partial charge >= 0.3 is 0 Å². The summed E-state index contributed by atoms with van der Waals surface area (Å²) in [5, 5.41) is 7.68. The minimum atomic E-state index is -0.558. The number of allylic oxidation sites excluding steroid dienone is 1. The van der Waals surface area contributed by atoms with E-state index in [1.165, 1.54) is 0 Å². The molecule has 0 fully saturated rings. The molecule has 4 rings (SSSR count). The molecule has 1 atom stereocenters. The van der Waals surface area contributed by atoms with Crippen molar-refractivity contribution in [2.75, 3.05) is 11.9 Å². The molecule has 1 aliphatic heterocycles. The lowest BCUT2D eigenvalue weighted by atomic mass is 9.94. The van der Waals surface area contributed by atoms with Crippen LogP contribution in [0.25, 0.3) is 11.6 Å². The summed E-state index contributed by atoms with van der Waals surface area (Å²) in [5.74, 6) is 1.59. The molecular formula is C19H19N5O3. The number of benzene rings is 1. The normalized spacial score (nSPS) is 16.0. The summed E-state index contributed by atoms with van der Waals surface area (Å²) in [6.07, 6.45) is 1.56. The molecule has 3 aromatic rings. The van der Waals surface area contributed by atoms with E-state index in [9.17, 15) is 4.79 Å². The number of carbonyl (C=O) groups is 1. The fourth-order valence-electron chi connectivity index (χ4n) is 3.26. The highest BCUT2D eigenvalue weighted by atomic mass is 16.5. The monoisotopic (exact) mass is 365 g/mol. The van der Waals surface area contributed by atoms with Crippen LogP contribution in [0, 0.1) is 0 Å². The summed E-state index contributed by atoms with van der Waals surface area (Å²) in [7, 11) is 0. The van der Waals surface area contributed by atoms with Crippen LogP contribution in [0.2, 0.25) is 0 Å². The van der Waals surface area contributed by atoms with Gasteiger partial charge < -0.3 is 20.2 Å². The standard InChI is InChI=1S/C19H19N5O3/c1-3-26-13-8-5-4-7-12(13)16-15(17(20)25)11(2)21-19-22-18(23-24(16)19)14-9-6-10-27-14/h4-10,16H,3H2,1-2H3,(H2,20,25)(H,21,22,23). The number of aromatic nitrogens is 3. The highest BCUT2D eigenvalue weighted by Crippen LogP contribution is 2.39. The minimum Gasteiger partial charge on any atom is -0.494 e. The largest absolute Gasteiger partial charge is 0.494 e. The molecular weight excluding hydrogens is 346 g/mol. The van der Waals surface area contributed by atoms with Gasteiger partial charge in [-0.3, -0.25) is 4.79 Å². The Hall–Kier alpha value is -3.55. The van der Waals surface area contributed by atoms with E-state index in [4.69, 9.17) is 14.9 Å². The first kappa shape index (κ1) is 16.9. The van der Waals surface area contributed by atoms with Gasteiger partial charge in [-0.2, -0.15) is 4.98 Å². The number of nitrogens with two attached hydrogens (primary N) is 1. The number of hydrogen-bond donors (Lipinski definition) is 2. The van der Waals surface area contributed by atoms with Crippen LogP contribution in [0.3, 0.4) is 0 Å². The van der Waals surface area contributed by atoms with Crippen LogP contribution in [0.1, 0.15) is 25.5 Å². The van der Waals surface area contributed by atoms with E-state index in [1.54, 1.807) is 30.0 Å². The van der Waals surface area contributed by atoms with E-state index >= 15 is 0 Å². The van der Waals surface area contributed by atoms with Crippen LogP contribution >= 0.6 is 0 Å². The molecule has 3 heterocycles. The minimum absolute atomic E-state index is 0.408. The maximum atomic E-state index is 12.3. The molecule has 2 aromatic heterocycles. The van der Waals surface area contributed by atoms with Crippen molar-refractivity contribution in [1.82, 2.24) is 14.8 Å². The number of fused-ring (bicyclic) bond motifs is 1. The topological polar surface area (TPSA) is 108 Å². The Labute approximate surface area is 155 Å².